The average molecular weight is 271 g/mol. The monoisotopic (exact) mass is 270 g/mol. The predicted molar refractivity (Wildman–Crippen MR) is 72.5 cm³/mol. The highest BCUT2D eigenvalue weighted by atomic mass is 35.5. The summed E-state index contributed by atoms with van der Waals surface area (Å²) in [5.41, 5.74) is -0.130. The first kappa shape index (κ1) is 13.4. The Bertz CT molecular complexity index is 555. The van der Waals surface area contributed by atoms with E-state index in [1.54, 1.807) is 0 Å². The molecule has 1 aromatic heterocycles. The molecule has 2 rings (SSSR count). The highest BCUT2D eigenvalue weighted by molar-refractivity contribution is 6.30. The van der Waals surface area contributed by atoms with E-state index in [1.165, 1.54) is 11.0 Å². The highest BCUT2D eigenvalue weighted by Crippen LogP contribution is 2.35. The molecule has 1 unspecified atom stereocenters. The largest absolute Gasteiger partial charge is 0.329 e. The fourth-order valence-corrected chi connectivity index (χ4v) is 2.92. The SMILES string of the molecule is CC(C)c1c(Cl)[nH]c(=O)n(C(C)C2CCC2)c1=O. The van der Waals surface area contributed by atoms with Crippen LogP contribution in [0.2, 0.25) is 5.15 Å². The Kier molecular flexibility index (Phi) is 3.66. The van der Waals surface area contributed by atoms with E-state index in [0.717, 1.165) is 12.8 Å². The number of nitrogens with one attached hydrogen (secondary N) is 1. The van der Waals surface area contributed by atoms with E-state index in [1.807, 2.05) is 20.8 Å². The Morgan fingerprint density at radius 2 is 1.89 bits per heavy atom. The van der Waals surface area contributed by atoms with Gasteiger partial charge in [-0.1, -0.05) is 31.9 Å². The first-order chi connectivity index (χ1) is 8.43. The van der Waals surface area contributed by atoms with Gasteiger partial charge in [0.2, 0.25) is 0 Å². The van der Waals surface area contributed by atoms with Crippen molar-refractivity contribution in [2.24, 2.45) is 5.92 Å². The lowest BCUT2D eigenvalue weighted by molar-refractivity contribution is 0.214. The van der Waals surface area contributed by atoms with Crippen molar-refractivity contribution in [3.8, 4) is 0 Å². The van der Waals surface area contributed by atoms with Crippen LogP contribution in [0, 0.1) is 5.92 Å². The maximum absolute atomic E-state index is 12.4. The molecule has 0 aliphatic heterocycles. The summed E-state index contributed by atoms with van der Waals surface area (Å²) in [4.78, 5) is 26.9. The van der Waals surface area contributed by atoms with Gasteiger partial charge in [-0.2, -0.15) is 0 Å². The zero-order valence-corrected chi connectivity index (χ0v) is 11.8. The second-order valence-corrected chi connectivity index (χ2v) is 5.80. The number of aromatic amines is 1. The molecule has 0 aromatic carbocycles. The Balaban J connectivity index is 2.56. The molecule has 1 heterocycles. The molecule has 0 spiro atoms. The van der Waals surface area contributed by atoms with E-state index >= 15 is 0 Å². The fourth-order valence-electron chi connectivity index (χ4n) is 2.54. The molecule has 4 nitrogen and oxygen atoms in total. The number of halogens is 1. The number of hydrogen-bond acceptors (Lipinski definition) is 2. The van der Waals surface area contributed by atoms with Crippen molar-refractivity contribution in [3.05, 3.63) is 31.6 Å². The molecule has 18 heavy (non-hydrogen) atoms. The molecule has 0 saturated heterocycles. The van der Waals surface area contributed by atoms with Crippen molar-refractivity contribution in [1.82, 2.24) is 9.55 Å². The van der Waals surface area contributed by atoms with Gasteiger partial charge in [-0.15, -0.1) is 0 Å². The van der Waals surface area contributed by atoms with Crippen LogP contribution in [0.15, 0.2) is 9.59 Å². The minimum absolute atomic E-state index is 0.00157. The van der Waals surface area contributed by atoms with Crippen LogP contribution >= 0.6 is 11.6 Å². The van der Waals surface area contributed by atoms with Crippen LogP contribution < -0.4 is 11.2 Å². The van der Waals surface area contributed by atoms with Gasteiger partial charge in [0, 0.05) is 6.04 Å². The number of nitrogens with zero attached hydrogens (tertiary/aromatic N) is 1. The van der Waals surface area contributed by atoms with E-state index in [4.69, 9.17) is 11.6 Å². The van der Waals surface area contributed by atoms with Crippen molar-refractivity contribution in [3.63, 3.8) is 0 Å². The molecular weight excluding hydrogens is 252 g/mol. The Morgan fingerprint density at radius 1 is 1.28 bits per heavy atom. The molecule has 0 radical (unpaired) electrons. The second kappa shape index (κ2) is 4.92. The molecule has 0 amide bonds. The third-order valence-electron chi connectivity index (χ3n) is 3.94. The van der Waals surface area contributed by atoms with Crippen LogP contribution in [-0.4, -0.2) is 9.55 Å². The smallest absolute Gasteiger partial charge is 0.297 e. The second-order valence-electron chi connectivity index (χ2n) is 5.42. The Hall–Kier alpha value is -1.03. The summed E-state index contributed by atoms with van der Waals surface area (Å²) in [6, 6.07) is -0.0511. The first-order valence-electron chi connectivity index (χ1n) is 6.47. The molecule has 100 valence electrons. The minimum Gasteiger partial charge on any atom is -0.297 e. The summed E-state index contributed by atoms with van der Waals surface area (Å²) in [6.07, 6.45) is 3.37. The molecule has 1 atom stereocenters. The lowest BCUT2D eigenvalue weighted by Gasteiger charge is -2.32. The van der Waals surface area contributed by atoms with E-state index in [2.05, 4.69) is 4.98 Å². The number of H-pyrrole nitrogens is 1. The third-order valence-corrected chi connectivity index (χ3v) is 4.24. The van der Waals surface area contributed by atoms with Gasteiger partial charge in [0.1, 0.15) is 5.15 Å². The summed E-state index contributed by atoms with van der Waals surface area (Å²) in [7, 11) is 0. The van der Waals surface area contributed by atoms with Crippen LogP contribution in [0.4, 0.5) is 0 Å². The topological polar surface area (TPSA) is 54.9 Å². The van der Waals surface area contributed by atoms with Crippen molar-refractivity contribution in [2.45, 2.75) is 52.0 Å². The summed E-state index contributed by atoms with van der Waals surface area (Å²) >= 11 is 5.96. The van der Waals surface area contributed by atoms with Crippen LogP contribution in [0.5, 0.6) is 0 Å². The zero-order chi connectivity index (χ0) is 13.4. The summed E-state index contributed by atoms with van der Waals surface area (Å²) in [5, 5.41) is 0.178. The third kappa shape index (κ3) is 2.14. The van der Waals surface area contributed by atoms with Gasteiger partial charge in [-0.25, -0.2) is 4.79 Å². The van der Waals surface area contributed by atoms with Gasteiger partial charge in [-0.3, -0.25) is 14.3 Å². The Morgan fingerprint density at radius 3 is 2.33 bits per heavy atom. The van der Waals surface area contributed by atoms with E-state index in [-0.39, 0.29) is 22.7 Å². The zero-order valence-electron chi connectivity index (χ0n) is 11.0. The first-order valence-corrected chi connectivity index (χ1v) is 6.85. The summed E-state index contributed by atoms with van der Waals surface area (Å²) < 4.78 is 1.34. The van der Waals surface area contributed by atoms with Gasteiger partial charge in [0.15, 0.2) is 0 Å². The van der Waals surface area contributed by atoms with Gasteiger partial charge < -0.3 is 0 Å². The van der Waals surface area contributed by atoms with E-state index in [0.29, 0.717) is 11.5 Å². The van der Waals surface area contributed by atoms with Crippen molar-refractivity contribution in [2.75, 3.05) is 0 Å². The van der Waals surface area contributed by atoms with Gasteiger partial charge in [0.25, 0.3) is 5.56 Å². The maximum atomic E-state index is 12.4. The number of aromatic nitrogens is 2. The average Bonchev–Trinajstić information content (AvgIpc) is 2.11. The standard InChI is InChI=1S/C13H19ClN2O2/c1-7(2)10-11(14)15-13(18)16(12(10)17)8(3)9-5-4-6-9/h7-9H,4-6H2,1-3H3,(H,15,18). The van der Waals surface area contributed by atoms with Crippen molar-refractivity contribution < 1.29 is 0 Å². The predicted octanol–water partition coefficient (Wildman–Crippen LogP) is 2.67. The van der Waals surface area contributed by atoms with Crippen molar-refractivity contribution >= 4 is 11.6 Å². The lowest BCUT2D eigenvalue weighted by Crippen LogP contribution is -2.42. The van der Waals surface area contributed by atoms with Crippen LogP contribution in [0.1, 0.15) is 57.6 Å². The van der Waals surface area contributed by atoms with Gasteiger partial charge in [-0.05, 0) is 31.6 Å². The molecule has 1 aliphatic carbocycles. The number of hydrogen-bond donors (Lipinski definition) is 1. The van der Waals surface area contributed by atoms with E-state index in [9.17, 15) is 9.59 Å². The molecule has 1 saturated carbocycles. The lowest BCUT2D eigenvalue weighted by atomic mass is 9.80. The van der Waals surface area contributed by atoms with Crippen LogP contribution in [0.25, 0.3) is 0 Å². The molecule has 5 heteroatoms. The molecule has 1 aromatic rings. The summed E-state index contributed by atoms with van der Waals surface area (Å²) in [5.74, 6) is 0.437. The molecular formula is C13H19ClN2O2. The fraction of sp³-hybridized carbons (Fsp3) is 0.692. The molecule has 1 N–H and O–H groups in total. The highest BCUT2D eigenvalue weighted by Gasteiger charge is 2.28. The normalized spacial score (nSPS) is 17.8. The van der Waals surface area contributed by atoms with Crippen molar-refractivity contribution in [1.29, 1.82) is 0 Å². The Labute approximate surface area is 111 Å². The molecule has 1 aliphatic rings. The summed E-state index contributed by atoms with van der Waals surface area (Å²) in [6.45, 7) is 5.75. The molecule has 0 bridgehead atoms. The van der Waals surface area contributed by atoms with Crippen LogP contribution in [0.3, 0.4) is 0 Å². The quantitative estimate of drug-likeness (QED) is 0.859. The van der Waals surface area contributed by atoms with Crippen LogP contribution in [-0.2, 0) is 0 Å². The minimum atomic E-state index is -0.395. The number of rotatable bonds is 3. The van der Waals surface area contributed by atoms with Gasteiger partial charge in [0.05, 0.1) is 5.56 Å². The molecule has 1 fully saturated rings. The van der Waals surface area contributed by atoms with E-state index < -0.39 is 5.69 Å². The maximum Gasteiger partial charge on any atom is 0.329 e. The van der Waals surface area contributed by atoms with Gasteiger partial charge >= 0.3 is 5.69 Å².